The van der Waals surface area contributed by atoms with Crippen LogP contribution >= 0.6 is 22.9 Å². The fourth-order valence-corrected chi connectivity index (χ4v) is 3.72. The van der Waals surface area contributed by atoms with Crippen molar-refractivity contribution >= 4 is 40.4 Å². The monoisotopic (exact) mass is 362 g/mol. The lowest BCUT2D eigenvalue weighted by molar-refractivity contribution is -0.121. The highest BCUT2D eigenvalue weighted by molar-refractivity contribution is 7.12. The molecule has 1 aromatic carbocycles. The van der Waals surface area contributed by atoms with Gasteiger partial charge < -0.3 is 10.2 Å². The molecule has 1 fully saturated rings. The van der Waals surface area contributed by atoms with Gasteiger partial charge in [0.25, 0.3) is 5.91 Å². The molecule has 0 bridgehead atoms. The van der Waals surface area contributed by atoms with E-state index in [1.54, 1.807) is 11.0 Å². The van der Waals surface area contributed by atoms with Crippen LogP contribution in [0.15, 0.2) is 35.7 Å². The molecule has 2 aromatic rings. The SMILES string of the molecule is Cc1ccc(NC(=O)C2CCCN(C(=O)c3cccs3)C2)cc1Cl. The van der Waals surface area contributed by atoms with Gasteiger partial charge in [0.2, 0.25) is 5.91 Å². The molecule has 2 amide bonds. The first-order valence-corrected chi connectivity index (χ1v) is 9.20. The molecule has 1 N–H and O–H groups in total. The highest BCUT2D eigenvalue weighted by atomic mass is 35.5. The number of aryl methyl sites for hydroxylation is 1. The Balaban J connectivity index is 1.64. The maximum Gasteiger partial charge on any atom is 0.263 e. The summed E-state index contributed by atoms with van der Waals surface area (Å²) in [4.78, 5) is 27.5. The van der Waals surface area contributed by atoms with Crippen molar-refractivity contribution in [2.45, 2.75) is 19.8 Å². The van der Waals surface area contributed by atoms with E-state index in [-0.39, 0.29) is 17.7 Å². The third kappa shape index (κ3) is 3.79. The Bertz CT molecular complexity index is 745. The first-order valence-electron chi connectivity index (χ1n) is 7.94. The Morgan fingerprint density at radius 3 is 2.88 bits per heavy atom. The highest BCUT2D eigenvalue weighted by Gasteiger charge is 2.29. The summed E-state index contributed by atoms with van der Waals surface area (Å²) in [6.45, 7) is 3.09. The minimum absolute atomic E-state index is 0.0147. The second kappa shape index (κ2) is 7.36. The number of nitrogens with zero attached hydrogens (tertiary/aromatic N) is 1. The van der Waals surface area contributed by atoms with E-state index in [1.165, 1.54) is 11.3 Å². The number of carbonyl (C=O) groups excluding carboxylic acids is 2. The minimum atomic E-state index is -0.192. The normalized spacial score (nSPS) is 17.6. The number of halogens is 1. The molecule has 126 valence electrons. The average molecular weight is 363 g/mol. The summed E-state index contributed by atoms with van der Waals surface area (Å²) in [5.74, 6) is -0.234. The Labute approximate surface area is 150 Å². The second-order valence-electron chi connectivity index (χ2n) is 6.02. The largest absolute Gasteiger partial charge is 0.337 e. The third-order valence-electron chi connectivity index (χ3n) is 4.25. The maximum atomic E-state index is 12.5. The fraction of sp³-hybridized carbons (Fsp3) is 0.333. The van der Waals surface area contributed by atoms with Crippen molar-refractivity contribution < 1.29 is 9.59 Å². The number of rotatable bonds is 3. The van der Waals surface area contributed by atoms with Crippen molar-refractivity contribution in [1.29, 1.82) is 0 Å². The number of anilines is 1. The van der Waals surface area contributed by atoms with Gasteiger partial charge >= 0.3 is 0 Å². The predicted molar refractivity (Wildman–Crippen MR) is 97.8 cm³/mol. The average Bonchev–Trinajstić information content (AvgIpc) is 3.12. The van der Waals surface area contributed by atoms with Crippen molar-refractivity contribution in [2.75, 3.05) is 18.4 Å². The summed E-state index contributed by atoms with van der Waals surface area (Å²) in [5.41, 5.74) is 1.66. The number of thiophene rings is 1. The number of nitrogens with one attached hydrogen (secondary N) is 1. The van der Waals surface area contributed by atoms with Crippen molar-refractivity contribution in [3.63, 3.8) is 0 Å². The molecule has 0 spiro atoms. The standard InChI is InChI=1S/C18H19ClN2O2S/c1-12-6-7-14(10-15(12)19)20-17(22)13-4-2-8-21(11-13)18(23)16-5-3-9-24-16/h3,5-7,9-10,13H,2,4,8,11H2,1H3,(H,20,22). The Hall–Kier alpha value is -1.85. The molecule has 1 aliphatic heterocycles. The van der Waals surface area contributed by atoms with E-state index in [0.29, 0.717) is 23.8 Å². The topological polar surface area (TPSA) is 49.4 Å². The lowest BCUT2D eigenvalue weighted by atomic mass is 9.97. The summed E-state index contributed by atoms with van der Waals surface area (Å²) in [5, 5.41) is 5.44. The van der Waals surface area contributed by atoms with Gasteiger partial charge in [-0.25, -0.2) is 0 Å². The molecule has 1 saturated heterocycles. The van der Waals surface area contributed by atoms with Gasteiger partial charge in [0, 0.05) is 23.8 Å². The van der Waals surface area contributed by atoms with Crippen LogP contribution in [0.25, 0.3) is 0 Å². The van der Waals surface area contributed by atoms with Gasteiger partial charge in [-0.3, -0.25) is 9.59 Å². The van der Waals surface area contributed by atoms with E-state index in [9.17, 15) is 9.59 Å². The molecule has 1 atom stereocenters. The molecule has 1 aromatic heterocycles. The quantitative estimate of drug-likeness (QED) is 0.889. The summed E-state index contributed by atoms with van der Waals surface area (Å²) in [6, 6.07) is 9.17. The summed E-state index contributed by atoms with van der Waals surface area (Å²) >= 11 is 7.54. The Morgan fingerprint density at radius 1 is 1.33 bits per heavy atom. The van der Waals surface area contributed by atoms with Gasteiger partial charge in [-0.1, -0.05) is 23.7 Å². The first kappa shape index (κ1) is 17.0. The molecule has 1 unspecified atom stereocenters. The van der Waals surface area contributed by atoms with Crippen LogP contribution in [0.5, 0.6) is 0 Å². The van der Waals surface area contributed by atoms with Crippen LogP contribution in [0.2, 0.25) is 5.02 Å². The molecule has 0 aliphatic carbocycles. The van der Waals surface area contributed by atoms with Gasteiger partial charge in [0.15, 0.2) is 0 Å². The van der Waals surface area contributed by atoms with Gasteiger partial charge in [0.05, 0.1) is 10.8 Å². The van der Waals surface area contributed by atoms with Crippen molar-refractivity contribution in [3.8, 4) is 0 Å². The zero-order valence-electron chi connectivity index (χ0n) is 13.4. The van der Waals surface area contributed by atoms with Crippen LogP contribution in [0.3, 0.4) is 0 Å². The van der Waals surface area contributed by atoms with Gasteiger partial charge in [-0.05, 0) is 48.9 Å². The van der Waals surface area contributed by atoms with Crippen molar-refractivity contribution in [3.05, 3.63) is 51.2 Å². The van der Waals surface area contributed by atoms with Crippen LogP contribution in [0, 0.1) is 12.8 Å². The fourth-order valence-electron chi connectivity index (χ4n) is 2.85. The molecular weight excluding hydrogens is 344 g/mol. The smallest absolute Gasteiger partial charge is 0.263 e. The lowest BCUT2D eigenvalue weighted by Crippen LogP contribution is -2.43. The van der Waals surface area contributed by atoms with E-state index >= 15 is 0 Å². The van der Waals surface area contributed by atoms with Crippen LogP contribution < -0.4 is 5.32 Å². The molecule has 6 heteroatoms. The second-order valence-corrected chi connectivity index (χ2v) is 7.38. The predicted octanol–water partition coefficient (Wildman–Crippen LogP) is 4.20. The van der Waals surface area contributed by atoms with E-state index in [1.807, 2.05) is 36.6 Å². The molecule has 0 saturated carbocycles. The van der Waals surface area contributed by atoms with E-state index < -0.39 is 0 Å². The van der Waals surface area contributed by atoms with E-state index in [4.69, 9.17) is 11.6 Å². The summed E-state index contributed by atoms with van der Waals surface area (Å²) < 4.78 is 0. The molecular formula is C18H19ClN2O2S. The van der Waals surface area contributed by atoms with Crippen LogP contribution in [0.4, 0.5) is 5.69 Å². The Morgan fingerprint density at radius 2 is 2.17 bits per heavy atom. The Kier molecular flexibility index (Phi) is 5.21. The summed E-state index contributed by atoms with van der Waals surface area (Å²) in [7, 11) is 0. The van der Waals surface area contributed by atoms with Crippen molar-refractivity contribution in [1.82, 2.24) is 4.90 Å². The zero-order chi connectivity index (χ0) is 17.1. The number of likely N-dealkylation sites (tertiary alicyclic amines) is 1. The molecule has 24 heavy (non-hydrogen) atoms. The minimum Gasteiger partial charge on any atom is -0.337 e. The number of piperidine rings is 1. The molecule has 1 aliphatic rings. The first-order chi connectivity index (χ1) is 11.5. The van der Waals surface area contributed by atoms with Crippen LogP contribution in [-0.2, 0) is 4.79 Å². The number of benzene rings is 1. The maximum absolute atomic E-state index is 12.5. The molecule has 4 nitrogen and oxygen atoms in total. The van der Waals surface area contributed by atoms with Gasteiger partial charge in [-0.15, -0.1) is 11.3 Å². The van der Waals surface area contributed by atoms with Gasteiger partial charge in [0.1, 0.15) is 0 Å². The van der Waals surface area contributed by atoms with Crippen LogP contribution in [0.1, 0.15) is 28.1 Å². The molecule has 2 heterocycles. The third-order valence-corrected chi connectivity index (χ3v) is 5.52. The number of amides is 2. The lowest BCUT2D eigenvalue weighted by Gasteiger charge is -2.31. The van der Waals surface area contributed by atoms with Gasteiger partial charge in [-0.2, -0.15) is 0 Å². The van der Waals surface area contributed by atoms with Crippen molar-refractivity contribution in [2.24, 2.45) is 5.92 Å². The molecule has 0 radical (unpaired) electrons. The van der Waals surface area contributed by atoms with E-state index in [0.717, 1.165) is 23.3 Å². The zero-order valence-corrected chi connectivity index (χ0v) is 15.0. The number of hydrogen-bond donors (Lipinski definition) is 1. The summed E-state index contributed by atoms with van der Waals surface area (Å²) in [6.07, 6.45) is 1.63. The van der Waals surface area contributed by atoms with E-state index in [2.05, 4.69) is 5.32 Å². The molecule has 3 rings (SSSR count). The number of hydrogen-bond acceptors (Lipinski definition) is 3. The number of carbonyl (C=O) groups is 2. The highest BCUT2D eigenvalue weighted by Crippen LogP contribution is 2.24. The van der Waals surface area contributed by atoms with Crippen LogP contribution in [-0.4, -0.2) is 29.8 Å².